The van der Waals surface area contributed by atoms with Crippen LogP contribution in [0.3, 0.4) is 0 Å². The van der Waals surface area contributed by atoms with Gasteiger partial charge in [0.15, 0.2) is 0 Å². The Morgan fingerprint density at radius 1 is 1.40 bits per heavy atom. The first-order valence-corrected chi connectivity index (χ1v) is 6.15. The minimum absolute atomic E-state index is 0.857. The van der Waals surface area contributed by atoms with Gasteiger partial charge in [0.05, 0.1) is 0 Å². The molecule has 0 nitrogen and oxygen atoms in total. The van der Waals surface area contributed by atoms with Gasteiger partial charge in [0.1, 0.15) is 0 Å². The van der Waals surface area contributed by atoms with Crippen molar-refractivity contribution < 1.29 is 0 Å². The molecule has 0 heterocycles. The lowest BCUT2D eigenvalue weighted by Gasteiger charge is -2.06. The van der Waals surface area contributed by atoms with E-state index in [9.17, 15) is 0 Å². The van der Waals surface area contributed by atoms with E-state index in [4.69, 9.17) is 0 Å². The summed E-state index contributed by atoms with van der Waals surface area (Å²) in [6.45, 7) is 4.56. The van der Waals surface area contributed by atoms with Gasteiger partial charge in [-0.25, -0.2) is 0 Å². The molecule has 10 heavy (non-hydrogen) atoms. The van der Waals surface area contributed by atoms with Gasteiger partial charge < -0.3 is 0 Å². The van der Waals surface area contributed by atoms with Crippen LogP contribution >= 0.6 is 27.7 Å². The van der Waals surface area contributed by atoms with Crippen LogP contribution < -0.4 is 0 Å². The fourth-order valence-electron chi connectivity index (χ4n) is 0.599. The highest BCUT2D eigenvalue weighted by atomic mass is 79.9. The Kier molecular flexibility index (Phi) is 8.59. The molecule has 0 saturated heterocycles. The molecule has 0 aliphatic rings. The van der Waals surface area contributed by atoms with Crippen molar-refractivity contribution in [2.45, 2.75) is 38.4 Å². The molecule has 0 spiro atoms. The molecule has 0 aliphatic carbocycles. The molecular weight excluding hydrogens is 208 g/mol. The normalized spacial score (nSPS) is 13.5. The highest BCUT2D eigenvalue weighted by molar-refractivity contribution is 9.09. The highest BCUT2D eigenvalue weighted by Crippen LogP contribution is 2.15. The second-order valence-corrected chi connectivity index (χ2v) is 4.83. The van der Waals surface area contributed by atoms with Crippen molar-refractivity contribution in [3.05, 3.63) is 0 Å². The largest absolute Gasteiger partial charge is 0.159 e. The van der Waals surface area contributed by atoms with Crippen molar-refractivity contribution in [3.63, 3.8) is 0 Å². The van der Waals surface area contributed by atoms with Crippen molar-refractivity contribution in [1.82, 2.24) is 0 Å². The molecule has 0 saturated carbocycles. The van der Waals surface area contributed by atoms with E-state index >= 15 is 0 Å². The van der Waals surface area contributed by atoms with E-state index < -0.39 is 0 Å². The van der Waals surface area contributed by atoms with Crippen LogP contribution in [0.15, 0.2) is 0 Å². The Morgan fingerprint density at radius 2 is 2.10 bits per heavy atom. The van der Waals surface area contributed by atoms with E-state index in [2.05, 4.69) is 41.5 Å². The molecule has 0 aromatic carbocycles. The quantitative estimate of drug-likeness (QED) is 0.490. The zero-order valence-electron chi connectivity index (χ0n) is 6.90. The summed E-state index contributed by atoms with van der Waals surface area (Å²) in [6, 6.07) is 0. The maximum absolute atomic E-state index is 3.42. The van der Waals surface area contributed by atoms with E-state index in [1.807, 2.05) is 0 Å². The SMILES string of the molecule is CCC(C)SCCCCBr. The van der Waals surface area contributed by atoms with Crippen LogP contribution in [0.1, 0.15) is 33.1 Å². The third-order valence-corrected chi connectivity index (χ3v) is 3.49. The van der Waals surface area contributed by atoms with E-state index in [1.54, 1.807) is 0 Å². The van der Waals surface area contributed by atoms with Gasteiger partial charge in [0, 0.05) is 10.6 Å². The number of hydrogen-bond donors (Lipinski definition) is 0. The van der Waals surface area contributed by atoms with Crippen molar-refractivity contribution in [3.8, 4) is 0 Å². The van der Waals surface area contributed by atoms with Crippen molar-refractivity contribution in [2.24, 2.45) is 0 Å². The molecule has 0 bridgehead atoms. The summed E-state index contributed by atoms with van der Waals surface area (Å²) in [4.78, 5) is 0. The summed E-state index contributed by atoms with van der Waals surface area (Å²) in [5.74, 6) is 1.33. The third kappa shape index (κ3) is 6.94. The zero-order chi connectivity index (χ0) is 7.82. The van der Waals surface area contributed by atoms with Crippen molar-refractivity contribution >= 4 is 27.7 Å². The molecule has 0 aromatic rings. The highest BCUT2D eigenvalue weighted by Gasteiger charge is 1.96. The fraction of sp³-hybridized carbons (Fsp3) is 1.00. The van der Waals surface area contributed by atoms with Crippen LogP contribution in [0.4, 0.5) is 0 Å². The topological polar surface area (TPSA) is 0 Å². The van der Waals surface area contributed by atoms with Gasteiger partial charge in [-0.1, -0.05) is 29.8 Å². The molecule has 1 unspecified atom stereocenters. The average Bonchev–Trinajstić information content (AvgIpc) is 1.98. The molecular formula is C8H17BrS. The smallest absolute Gasteiger partial charge is 0.00315 e. The summed E-state index contributed by atoms with van der Waals surface area (Å²) in [5.41, 5.74) is 0. The lowest BCUT2D eigenvalue weighted by molar-refractivity contribution is 0.880. The van der Waals surface area contributed by atoms with Gasteiger partial charge in [-0.2, -0.15) is 11.8 Å². The number of rotatable bonds is 6. The summed E-state index contributed by atoms with van der Waals surface area (Å²) >= 11 is 5.52. The van der Waals surface area contributed by atoms with Crippen molar-refractivity contribution in [1.29, 1.82) is 0 Å². The Labute approximate surface area is 77.3 Å². The van der Waals surface area contributed by atoms with E-state index in [0.29, 0.717) is 0 Å². The number of hydrogen-bond acceptors (Lipinski definition) is 1. The summed E-state index contributed by atoms with van der Waals surface area (Å²) in [7, 11) is 0. The third-order valence-electron chi connectivity index (χ3n) is 1.51. The zero-order valence-corrected chi connectivity index (χ0v) is 9.30. The lowest BCUT2D eigenvalue weighted by Crippen LogP contribution is -1.94. The molecule has 0 amide bonds. The molecule has 1 atom stereocenters. The predicted octanol–water partition coefficient (Wildman–Crippen LogP) is 3.69. The minimum atomic E-state index is 0.857. The summed E-state index contributed by atoms with van der Waals surface area (Å²) in [5, 5.41) is 2.02. The molecule has 2 heteroatoms. The Bertz CT molecular complexity index is 66.3. The van der Waals surface area contributed by atoms with E-state index in [1.165, 1.54) is 25.0 Å². The van der Waals surface area contributed by atoms with Crippen LogP contribution in [0.2, 0.25) is 0 Å². The Morgan fingerprint density at radius 3 is 2.60 bits per heavy atom. The lowest BCUT2D eigenvalue weighted by atomic mass is 10.4. The second-order valence-electron chi connectivity index (χ2n) is 2.49. The number of unbranched alkanes of at least 4 members (excludes halogenated alkanes) is 1. The minimum Gasteiger partial charge on any atom is -0.159 e. The summed E-state index contributed by atoms with van der Waals surface area (Å²) in [6.07, 6.45) is 3.99. The first-order chi connectivity index (χ1) is 4.81. The van der Waals surface area contributed by atoms with Gasteiger partial charge in [-0.3, -0.25) is 0 Å². The van der Waals surface area contributed by atoms with Gasteiger partial charge in [-0.05, 0) is 25.0 Å². The van der Waals surface area contributed by atoms with Crippen LogP contribution in [-0.4, -0.2) is 16.3 Å². The maximum Gasteiger partial charge on any atom is 0.00315 e. The van der Waals surface area contributed by atoms with E-state index in [-0.39, 0.29) is 0 Å². The molecule has 0 N–H and O–H groups in total. The molecule has 62 valence electrons. The van der Waals surface area contributed by atoms with Crippen LogP contribution in [-0.2, 0) is 0 Å². The van der Waals surface area contributed by atoms with Crippen LogP contribution in [0, 0.1) is 0 Å². The van der Waals surface area contributed by atoms with Crippen molar-refractivity contribution in [2.75, 3.05) is 11.1 Å². The second kappa shape index (κ2) is 7.93. The standard InChI is InChI=1S/C8H17BrS/c1-3-8(2)10-7-5-4-6-9/h8H,3-7H2,1-2H3. The van der Waals surface area contributed by atoms with E-state index in [0.717, 1.165) is 10.6 Å². The van der Waals surface area contributed by atoms with Gasteiger partial charge in [0.2, 0.25) is 0 Å². The predicted molar refractivity (Wildman–Crippen MR) is 55.2 cm³/mol. The molecule has 0 aromatic heterocycles. The molecule has 0 aliphatic heterocycles. The number of halogens is 1. The number of alkyl halides is 1. The Hall–Kier alpha value is 0.830. The molecule has 0 fully saturated rings. The van der Waals surface area contributed by atoms with Gasteiger partial charge in [0.25, 0.3) is 0 Å². The molecule has 0 rings (SSSR count). The van der Waals surface area contributed by atoms with Gasteiger partial charge in [-0.15, -0.1) is 0 Å². The van der Waals surface area contributed by atoms with Crippen LogP contribution in [0.25, 0.3) is 0 Å². The first-order valence-electron chi connectivity index (χ1n) is 3.98. The Balaban J connectivity index is 2.89. The average molecular weight is 225 g/mol. The maximum atomic E-state index is 3.42. The molecule has 0 radical (unpaired) electrons. The summed E-state index contributed by atoms with van der Waals surface area (Å²) < 4.78 is 0. The first kappa shape index (κ1) is 10.8. The fourth-order valence-corrected chi connectivity index (χ4v) is 2.00. The number of thioether (sulfide) groups is 1. The van der Waals surface area contributed by atoms with Gasteiger partial charge >= 0.3 is 0 Å². The monoisotopic (exact) mass is 224 g/mol. The van der Waals surface area contributed by atoms with Crippen LogP contribution in [0.5, 0.6) is 0 Å².